The number of carbonyl (C=O) groups excluding carboxylic acids is 3. The van der Waals surface area contributed by atoms with Gasteiger partial charge in [0, 0.05) is 19.3 Å². The van der Waals surface area contributed by atoms with Crippen molar-refractivity contribution < 1.29 is 28.6 Å². The summed E-state index contributed by atoms with van der Waals surface area (Å²) in [6, 6.07) is 0. The molecule has 1 atom stereocenters. The normalized spacial score (nSPS) is 12.0. The summed E-state index contributed by atoms with van der Waals surface area (Å²) in [7, 11) is 0. The average Bonchev–Trinajstić information content (AvgIpc) is 3.24. The van der Waals surface area contributed by atoms with Crippen LogP contribution in [0, 0.1) is 11.8 Å². The van der Waals surface area contributed by atoms with Gasteiger partial charge in [-0.3, -0.25) is 14.4 Å². The van der Waals surface area contributed by atoms with Crippen molar-refractivity contribution >= 4 is 17.9 Å². The molecule has 0 N–H and O–H groups in total. The minimum atomic E-state index is -0.762. The van der Waals surface area contributed by atoms with Gasteiger partial charge in [0.15, 0.2) is 6.10 Å². The Bertz CT molecular complexity index is 947. The predicted molar refractivity (Wildman–Crippen MR) is 266 cm³/mol. The molecular weight excluding hydrogens is 769 g/mol. The van der Waals surface area contributed by atoms with Crippen LogP contribution in [-0.4, -0.2) is 37.2 Å². The second-order valence-electron chi connectivity index (χ2n) is 20.2. The summed E-state index contributed by atoms with van der Waals surface area (Å²) in [6.07, 6.45) is 50.9. The molecule has 0 heterocycles. The summed E-state index contributed by atoms with van der Waals surface area (Å²) in [6.45, 7) is 11.4. The van der Waals surface area contributed by atoms with Crippen LogP contribution in [0.25, 0.3) is 0 Å². The van der Waals surface area contributed by atoms with Gasteiger partial charge >= 0.3 is 17.9 Å². The molecule has 0 saturated heterocycles. The van der Waals surface area contributed by atoms with Crippen molar-refractivity contribution in [1.82, 2.24) is 0 Å². The maximum Gasteiger partial charge on any atom is 0.306 e. The predicted octanol–water partition coefficient (Wildman–Crippen LogP) is 18.1. The molecule has 0 aromatic heterocycles. The fourth-order valence-electron chi connectivity index (χ4n) is 8.52. The van der Waals surface area contributed by atoms with E-state index < -0.39 is 6.10 Å². The number of ether oxygens (including phenoxy) is 3. The fraction of sp³-hybridized carbons (Fsp3) is 0.946. The van der Waals surface area contributed by atoms with E-state index in [4.69, 9.17) is 14.2 Å². The number of unbranched alkanes of at least 4 members (excludes halogenated alkanes) is 35. The number of hydrogen-bond donors (Lipinski definition) is 0. The summed E-state index contributed by atoms with van der Waals surface area (Å²) >= 11 is 0. The highest BCUT2D eigenvalue weighted by molar-refractivity contribution is 5.71. The number of rotatable bonds is 50. The van der Waals surface area contributed by atoms with E-state index in [2.05, 4.69) is 34.6 Å². The quantitative estimate of drug-likeness (QED) is 0.0344. The Morgan fingerprint density at radius 3 is 0.790 bits per heavy atom. The molecule has 0 amide bonds. The minimum Gasteiger partial charge on any atom is -0.462 e. The molecule has 0 rings (SSSR count). The second kappa shape index (κ2) is 48.9. The summed E-state index contributed by atoms with van der Waals surface area (Å²) in [5.74, 6) is 0.802. The lowest BCUT2D eigenvalue weighted by atomic mass is 10.0. The highest BCUT2D eigenvalue weighted by atomic mass is 16.6. The van der Waals surface area contributed by atoms with E-state index in [0.29, 0.717) is 19.3 Å². The van der Waals surface area contributed by atoms with Gasteiger partial charge in [-0.05, 0) is 31.1 Å². The second-order valence-corrected chi connectivity index (χ2v) is 20.2. The monoisotopic (exact) mass is 877 g/mol. The summed E-state index contributed by atoms with van der Waals surface area (Å²) in [4.78, 5) is 38.0. The smallest absolute Gasteiger partial charge is 0.306 e. The number of hydrogen-bond acceptors (Lipinski definition) is 6. The van der Waals surface area contributed by atoms with Crippen LogP contribution in [0.2, 0.25) is 0 Å². The van der Waals surface area contributed by atoms with Crippen molar-refractivity contribution in [3.05, 3.63) is 0 Å². The Morgan fingerprint density at radius 2 is 0.532 bits per heavy atom. The van der Waals surface area contributed by atoms with E-state index in [1.54, 1.807) is 0 Å². The zero-order chi connectivity index (χ0) is 45.4. The Balaban J connectivity index is 4.28. The topological polar surface area (TPSA) is 78.9 Å². The average molecular weight is 877 g/mol. The highest BCUT2D eigenvalue weighted by Crippen LogP contribution is 2.18. The molecule has 0 bridgehead atoms. The van der Waals surface area contributed by atoms with Crippen molar-refractivity contribution in [3.63, 3.8) is 0 Å². The van der Waals surface area contributed by atoms with Crippen LogP contribution in [0.3, 0.4) is 0 Å². The standard InChI is InChI=1S/C56H108O6/c1-6-7-8-9-10-11-12-13-14-15-18-21-26-31-36-41-46-54(57)60-49-53(62-56(59)48-43-38-33-28-23-25-30-35-40-45-52(4)5)50-61-55(58)47-42-37-32-27-22-19-16-17-20-24-29-34-39-44-51(2)3/h51-53H,6-50H2,1-5H3/t53-/m1/s1. The van der Waals surface area contributed by atoms with Crippen LogP contribution in [-0.2, 0) is 28.6 Å². The molecule has 0 aliphatic rings. The van der Waals surface area contributed by atoms with E-state index in [-0.39, 0.29) is 31.1 Å². The maximum absolute atomic E-state index is 12.8. The van der Waals surface area contributed by atoms with Gasteiger partial charge in [-0.25, -0.2) is 0 Å². The van der Waals surface area contributed by atoms with E-state index in [1.807, 2.05) is 0 Å². The van der Waals surface area contributed by atoms with Crippen LogP contribution in [0.5, 0.6) is 0 Å². The fourth-order valence-corrected chi connectivity index (χ4v) is 8.52. The molecule has 0 aliphatic heterocycles. The van der Waals surface area contributed by atoms with E-state index in [9.17, 15) is 14.4 Å². The van der Waals surface area contributed by atoms with Gasteiger partial charge in [-0.2, -0.15) is 0 Å². The Hall–Kier alpha value is -1.59. The molecule has 0 unspecified atom stereocenters. The Labute approximate surface area is 387 Å². The third-order valence-electron chi connectivity index (χ3n) is 12.7. The lowest BCUT2D eigenvalue weighted by Crippen LogP contribution is -2.30. The van der Waals surface area contributed by atoms with Gasteiger partial charge < -0.3 is 14.2 Å². The number of esters is 3. The molecule has 62 heavy (non-hydrogen) atoms. The highest BCUT2D eigenvalue weighted by Gasteiger charge is 2.19. The van der Waals surface area contributed by atoms with Crippen molar-refractivity contribution in [2.75, 3.05) is 13.2 Å². The van der Waals surface area contributed by atoms with E-state index >= 15 is 0 Å². The molecule has 6 heteroatoms. The molecule has 6 nitrogen and oxygen atoms in total. The third kappa shape index (κ3) is 49.4. The van der Waals surface area contributed by atoms with Gasteiger partial charge in [0.05, 0.1) is 0 Å². The molecule has 0 aromatic carbocycles. The first-order valence-electron chi connectivity index (χ1n) is 27.7. The number of carbonyl (C=O) groups is 3. The SMILES string of the molecule is CCCCCCCCCCCCCCCCCCC(=O)OC[C@H](COC(=O)CCCCCCCCCCCCCCCC(C)C)OC(=O)CCCCCCCCCCCC(C)C. The Morgan fingerprint density at radius 1 is 0.306 bits per heavy atom. The third-order valence-corrected chi connectivity index (χ3v) is 12.7. The van der Waals surface area contributed by atoms with Gasteiger partial charge in [0.1, 0.15) is 13.2 Å². The molecule has 0 fully saturated rings. The van der Waals surface area contributed by atoms with Crippen molar-refractivity contribution in [2.24, 2.45) is 11.8 Å². The molecule has 0 saturated carbocycles. The van der Waals surface area contributed by atoms with Crippen molar-refractivity contribution in [1.29, 1.82) is 0 Å². The lowest BCUT2D eigenvalue weighted by Gasteiger charge is -2.18. The Kier molecular flexibility index (Phi) is 47.6. The van der Waals surface area contributed by atoms with Gasteiger partial charge in [0.25, 0.3) is 0 Å². The van der Waals surface area contributed by atoms with Crippen molar-refractivity contribution in [3.8, 4) is 0 Å². The van der Waals surface area contributed by atoms with Crippen LogP contribution < -0.4 is 0 Å². The van der Waals surface area contributed by atoms with Gasteiger partial charge in [-0.15, -0.1) is 0 Å². The van der Waals surface area contributed by atoms with Crippen LogP contribution in [0.15, 0.2) is 0 Å². The summed E-state index contributed by atoms with van der Waals surface area (Å²) < 4.78 is 16.9. The molecule has 0 spiro atoms. The van der Waals surface area contributed by atoms with Crippen LogP contribution >= 0.6 is 0 Å². The first-order chi connectivity index (χ1) is 30.2. The summed E-state index contributed by atoms with van der Waals surface area (Å²) in [5.41, 5.74) is 0. The van der Waals surface area contributed by atoms with E-state index in [1.165, 1.54) is 199 Å². The molecule has 368 valence electrons. The largest absolute Gasteiger partial charge is 0.462 e. The molecule has 0 aromatic rings. The molecular formula is C56H108O6. The van der Waals surface area contributed by atoms with Crippen molar-refractivity contribution in [2.45, 2.75) is 317 Å². The van der Waals surface area contributed by atoms with Gasteiger partial charge in [-0.1, -0.05) is 272 Å². The first kappa shape index (κ1) is 60.4. The van der Waals surface area contributed by atoms with Crippen LogP contribution in [0.1, 0.15) is 311 Å². The first-order valence-corrected chi connectivity index (χ1v) is 27.7. The maximum atomic E-state index is 12.8. The minimum absolute atomic E-state index is 0.0633. The molecule has 0 radical (unpaired) electrons. The van der Waals surface area contributed by atoms with E-state index in [0.717, 1.165) is 69.6 Å². The molecule has 0 aliphatic carbocycles. The zero-order valence-corrected chi connectivity index (χ0v) is 42.5. The zero-order valence-electron chi connectivity index (χ0n) is 42.5. The summed E-state index contributed by atoms with van der Waals surface area (Å²) in [5, 5.41) is 0. The lowest BCUT2D eigenvalue weighted by molar-refractivity contribution is -0.167. The van der Waals surface area contributed by atoms with Gasteiger partial charge in [0.2, 0.25) is 0 Å². The van der Waals surface area contributed by atoms with Crippen LogP contribution in [0.4, 0.5) is 0 Å².